The van der Waals surface area contributed by atoms with Crippen LogP contribution in [0.5, 0.6) is 0 Å². The molecule has 5 nitrogen and oxygen atoms in total. The predicted octanol–water partition coefficient (Wildman–Crippen LogP) is 2.35. The minimum Gasteiger partial charge on any atom is -0.361 e. The van der Waals surface area contributed by atoms with Gasteiger partial charge in [0, 0.05) is 22.8 Å². The number of nitrogens with zero attached hydrogens (tertiary/aromatic N) is 1. The smallest absolute Gasteiger partial charge is 0.229 e. The average Bonchev–Trinajstić information content (AvgIpc) is 2.81. The van der Waals surface area contributed by atoms with Crippen molar-refractivity contribution in [2.24, 2.45) is 0 Å². The van der Waals surface area contributed by atoms with Crippen LogP contribution in [-0.4, -0.2) is 44.7 Å². The minimum absolute atomic E-state index is 0.545. The number of rotatable bonds is 3. The Morgan fingerprint density at radius 1 is 1.29 bits per heavy atom. The van der Waals surface area contributed by atoms with E-state index in [2.05, 4.69) is 27.9 Å². The lowest BCUT2D eigenvalue weighted by atomic mass is 9.89. The first-order chi connectivity index (χ1) is 9.92. The Kier molecular flexibility index (Phi) is 3.67. The molecule has 1 aromatic heterocycles. The number of sulfonamides is 1. The summed E-state index contributed by atoms with van der Waals surface area (Å²) in [5, 5.41) is 1.12. The van der Waals surface area contributed by atoms with Crippen molar-refractivity contribution in [3.8, 4) is 0 Å². The lowest BCUT2D eigenvalue weighted by Crippen LogP contribution is -2.29. The lowest BCUT2D eigenvalue weighted by molar-refractivity contribution is 0.256. The van der Waals surface area contributed by atoms with Crippen molar-refractivity contribution >= 4 is 26.6 Å². The minimum atomic E-state index is -3.24. The molecule has 0 atom stereocenters. The van der Waals surface area contributed by atoms with Crippen LogP contribution in [0.15, 0.2) is 24.4 Å². The molecule has 0 aliphatic carbocycles. The molecule has 0 saturated carbocycles. The quantitative estimate of drug-likeness (QED) is 0.915. The number of benzene rings is 1. The van der Waals surface area contributed by atoms with Gasteiger partial charge in [-0.3, -0.25) is 4.72 Å². The number of hydrogen-bond acceptors (Lipinski definition) is 3. The Hall–Kier alpha value is -1.53. The highest BCUT2D eigenvalue weighted by Crippen LogP contribution is 2.34. The molecule has 1 aromatic carbocycles. The zero-order valence-corrected chi connectivity index (χ0v) is 13.2. The highest BCUT2D eigenvalue weighted by Gasteiger charge is 2.21. The van der Waals surface area contributed by atoms with E-state index in [0.29, 0.717) is 11.6 Å². The maximum atomic E-state index is 11.4. The summed E-state index contributed by atoms with van der Waals surface area (Å²) >= 11 is 0. The maximum absolute atomic E-state index is 11.4. The van der Waals surface area contributed by atoms with Gasteiger partial charge in [0.15, 0.2) is 0 Å². The normalized spacial score (nSPS) is 18.2. The first-order valence-corrected chi connectivity index (χ1v) is 9.09. The van der Waals surface area contributed by atoms with Gasteiger partial charge in [0.1, 0.15) is 0 Å². The topological polar surface area (TPSA) is 65.2 Å². The largest absolute Gasteiger partial charge is 0.361 e. The van der Waals surface area contributed by atoms with Crippen LogP contribution in [0.2, 0.25) is 0 Å². The lowest BCUT2D eigenvalue weighted by Gasteiger charge is -2.28. The Labute approximate surface area is 125 Å². The molecule has 2 aromatic rings. The van der Waals surface area contributed by atoms with Crippen LogP contribution in [0.1, 0.15) is 24.3 Å². The van der Waals surface area contributed by atoms with Crippen molar-refractivity contribution in [3.05, 3.63) is 30.0 Å². The predicted molar refractivity (Wildman–Crippen MR) is 86.2 cm³/mol. The summed E-state index contributed by atoms with van der Waals surface area (Å²) in [6.07, 6.45) is 5.54. The first kappa shape index (κ1) is 14.4. The Morgan fingerprint density at radius 2 is 2.00 bits per heavy atom. The van der Waals surface area contributed by atoms with Gasteiger partial charge in [-0.2, -0.15) is 0 Å². The molecule has 1 aliphatic rings. The average molecular weight is 307 g/mol. The Bertz CT molecular complexity index is 743. The molecular weight excluding hydrogens is 286 g/mol. The number of piperidine rings is 1. The summed E-state index contributed by atoms with van der Waals surface area (Å²) in [5.74, 6) is 0.545. The molecule has 2 N–H and O–H groups in total. The van der Waals surface area contributed by atoms with Gasteiger partial charge in [-0.05, 0) is 62.7 Å². The summed E-state index contributed by atoms with van der Waals surface area (Å²) in [4.78, 5) is 5.65. The van der Waals surface area contributed by atoms with Gasteiger partial charge < -0.3 is 9.88 Å². The van der Waals surface area contributed by atoms with E-state index in [4.69, 9.17) is 0 Å². The van der Waals surface area contributed by atoms with E-state index in [9.17, 15) is 8.42 Å². The van der Waals surface area contributed by atoms with Crippen LogP contribution in [-0.2, 0) is 10.0 Å². The van der Waals surface area contributed by atoms with Gasteiger partial charge in [0.25, 0.3) is 0 Å². The van der Waals surface area contributed by atoms with Gasteiger partial charge in [0.2, 0.25) is 10.0 Å². The van der Waals surface area contributed by atoms with E-state index in [1.54, 1.807) is 6.07 Å². The molecule has 1 saturated heterocycles. The van der Waals surface area contributed by atoms with E-state index in [-0.39, 0.29) is 0 Å². The third-order valence-electron chi connectivity index (χ3n) is 4.18. The number of hydrogen-bond donors (Lipinski definition) is 2. The first-order valence-electron chi connectivity index (χ1n) is 7.20. The van der Waals surface area contributed by atoms with Crippen molar-refractivity contribution in [1.82, 2.24) is 9.88 Å². The van der Waals surface area contributed by atoms with Gasteiger partial charge >= 0.3 is 0 Å². The molecule has 0 spiro atoms. The third kappa shape index (κ3) is 3.22. The second-order valence-electron chi connectivity index (χ2n) is 5.96. The van der Waals surface area contributed by atoms with Crippen molar-refractivity contribution in [3.63, 3.8) is 0 Å². The van der Waals surface area contributed by atoms with Crippen LogP contribution in [0, 0.1) is 0 Å². The van der Waals surface area contributed by atoms with Gasteiger partial charge in [-0.1, -0.05) is 0 Å². The number of H-pyrrole nitrogens is 1. The van der Waals surface area contributed by atoms with E-state index in [1.807, 2.05) is 12.1 Å². The van der Waals surface area contributed by atoms with Crippen LogP contribution in [0.25, 0.3) is 10.9 Å². The van der Waals surface area contributed by atoms with Crippen molar-refractivity contribution in [2.45, 2.75) is 18.8 Å². The Morgan fingerprint density at radius 3 is 2.67 bits per heavy atom. The van der Waals surface area contributed by atoms with Crippen molar-refractivity contribution in [1.29, 1.82) is 0 Å². The fourth-order valence-corrected chi connectivity index (χ4v) is 3.63. The summed E-state index contributed by atoms with van der Waals surface area (Å²) in [6, 6.07) is 5.65. The molecule has 114 valence electrons. The fourth-order valence-electron chi connectivity index (χ4n) is 3.08. The molecule has 6 heteroatoms. The van der Waals surface area contributed by atoms with Crippen molar-refractivity contribution < 1.29 is 8.42 Å². The molecule has 21 heavy (non-hydrogen) atoms. The van der Waals surface area contributed by atoms with E-state index >= 15 is 0 Å². The standard InChI is InChI=1S/C15H21N3O2S/c1-18-7-5-11(6-8-18)14-10-16-15-4-3-12(9-13(14)15)17-21(2,19)20/h3-4,9-11,16-17H,5-8H2,1-2H3. The molecule has 0 bridgehead atoms. The zero-order chi connectivity index (χ0) is 15.0. The van der Waals surface area contributed by atoms with Gasteiger partial charge in [0.05, 0.1) is 6.26 Å². The number of fused-ring (bicyclic) bond motifs is 1. The SMILES string of the molecule is CN1CCC(c2c[nH]c3ccc(NS(C)(=O)=O)cc23)CC1. The number of anilines is 1. The highest BCUT2D eigenvalue weighted by atomic mass is 32.2. The van der Waals surface area contributed by atoms with Crippen LogP contribution in [0.3, 0.4) is 0 Å². The number of nitrogens with one attached hydrogen (secondary N) is 2. The molecular formula is C15H21N3O2S. The van der Waals surface area contributed by atoms with E-state index in [1.165, 1.54) is 11.8 Å². The van der Waals surface area contributed by atoms with E-state index in [0.717, 1.165) is 36.8 Å². The molecule has 1 aliphatic heterocycles. The maximum Gasteiger partial charge on any atom is 0.229 e. The Balaban J connectivity index is 1.94. The molecule has 2 heterocycles. The third-order valence-corrected chi connectivity index (χ3v) is 4.78. The van der Waals surface area contributed by atoms with Crippen LogP contribution >= 0.6 is 0 Å². The molecule has 1 fully saturated rings. The highest BCUT2D eigenvalue weighted by molar-refractivity contribution is 7.92. The molecule has 0 amide bonds. The molecule has 0 radical (unpaired) electrons. The van der Waals surface area contributed by atoms with Crippen molar-refractivity contribution in [2.75, 3.05) is 31.1 Å². The number of aromatic nitrogens is 1. The number of aromatic amines is 1. The van der Waals surface area contributed by atoms with Gasteiger partial charge in [-0.25, -0.2) is 8.42 Å². The molecule has 3 rings (SSSR count). The van der Waals surface area contributed by atoms with E-state index < -0.39 is 10.0 Å². The second-order valence-corrected chi connectivity index (χ2v) is 7.70. The van der Waals surface area contributed by atoms with Crippen LogP contribution < -0.4 is 4.72 Å². The summed E-state index contributed by atoms with van der Waals surface area (Å²) in [7, 11) is -1.09. The summed E-state index contributed by atoms with van der Waals surface area (Å²) in [6.45, 7) is 2.22. The van der Waals surface area contributed by atoms with Gasteiger partial charge in [-0.15, -0.1) is 0 Å². The number of likely N-dealkylation sites (tertiary alicyclic amines) is 1. The molecule has 0 unspecified atom stereocenters. The monoisotopic (exact) mass is 307 g/mol. The van der Waals surface area contributed by atoms with Crippen LogP contribution in [0.4, 0.5) is 5.69 Å². The summed E-state index contributed by atoms with van der Waals surface area (Å²) < 4.78 is 25.3. The second kappa shape index (κ2) is 5.35. The fraction of sp³-hybridized carbons (Fsp3) is 0.467. The zero-order valence-electron chi connectivity index (χ0n) is 12.4. The summed E-state index contributed by atoms with van der Waals surface area (Å²) in [5.41, 5.74) is 2.98.